The maximum absolute atomic E-state index is 12.5. The van der Waals surface area contributed by atoms with Gasteiger partial charge in [-0.15, -0.1) is 0 Å². The molecule has 3 rings (SSSR count). The first-order valence-corrected chi connectivity index (χ1v) is 10.5. The zero-order valence-corrected chi connectivity index (χ0v) is 16.2. The summed E-state index contributed by atoms with van der Waals surface area (Å²) < 4.78 is 29.9. The highest BCUT2D eigenvalue weighted by Crippen LogP contribution is 2.21. The summed E-state index contributed by atoms with van der Waals surface area (Å²) in [6.07, 6.45) is 1.12. The van der Waals surface area contributed by atoms with Gasteiger partial charge in [-0.3, -0.25) is 9.10 Å². The van der Waals surface area contributed by atoms with Gasteiger partial charge in [-0.1, -0.05) is 6.07 Å². The van der Waals surface area contributed by atoms with Crippen LogP contribution in [0.15, 0.2) is 48.5 Å². The zero-order chi connectivity index (χ0) is 19.4. The molecule has 1 fully saturated rings. The van der Waals surface area contributed by atoms with E-state index in [0.717, 1.165) is 42.6 Å². The Balaban J connectivity index is 1.70. The molecular weight excluding hydrogens is 366 g/mol. The molecule has 8 heteroatoms. The van der Waals surface area contributed by atoms with Gasteiger partial charge in [0.05, 0.1) is 25.2 Å². The van der Waals surface area contributed by atoms with Crippen molar-refractivity contribution in [3.05, 3.63) is 54.1 Å². The van der Waals surface area contributed by atoms with Crippen LogP contribution in [-0.4, -0.2) is 53.9 Å². The van der Waals surface area contributed by atoms with Crippen LogP contribution in [0.4, 0.5) is 17.1 Å². The number of amides is 1. The molecule has 1 heterocycles. The lowest BCUT2D eigenvalue weighted by atomic mass is 10.1. The molecule has 1 aliphatic heterocycles. The Morgan fingerprint density at radius 1 is 1.11 bits per heavy atom. The maximum atomic E-state index is 12.5. The van der Waals surface area contributed by atoms with E-state index in [1.165, 1.54) is 7.05 Å². The first-order chi connectivity index (χ1) is 12.8. The van der Waals surface area contributed by atoms with Crippen LogP contribution in [0.3, 0.4) is 0 Å². The molecule has 0 aliphatic carbocycles. The van der Waals surface area contributed by atoms with Crippen LogP contribution in [0.1, 0.15) is 10.4 Å². The van der Waals surface area contributed by atoms with E-state index < -0.39 is 10.0 Å². The van der Waals surface area contributed by atoms with E-state index in [0.29, 0.717) is 16.9 Å². The minimum atomic E-state index is -3.38. The Kier molecular flexibility index (Phi) is 5.67. The first-order valence-electron chi connectivity index (χ1n) is 8.63. The molecule has 0 aromatic heterocycles. The Hall–Kier alpha value is -2.58. The van der Waals surface area contributed by atoms with Crippen LogP contribution in [0.25, 0.3) is 0 Å². The Morgan fingerprint density at radius 2 is 1.78 bits per heavy atom. The van der Waals surface area contributed by atoms with Gasteiger partial charge in [-0.25, -0.2) is 8.42 Å². The molecule has 2 aromatic rings. The zero-order valence-electron chi connectivity index (χ0n) is 15.4. The number of carbonyl (C=O) groups is 1. The van der Waals surface area contributed by atoms with E-state index in [4.69, 9.17) is 4.74 Å². The number of anilines is 3. The smallest absolute Gasteiger partial charge is 0.255 e. The summed E-state index contributed by atoms with van der Waals surface area (Å²) in [5.41, 5.74) is 2.60. The van der Waals surface area contributed by atoms with Gasteiger partial charge in [0, 0.05) is 37.1 Å². The summed E-state index contributed by atoms with van der Waals surface area (Å²) in [7, 11) is -1.93. The number of sulfonamides is 1. The molecule has 1 saturated heterocycles. The summed E-state index contributed by atoms with van der Waals surface area (Å²) in [5.74, 6) is -0.294. The lowest BCUT2D eigenvalue weighted by Crippen LogP contribution is -2.36. The van der Waals surface area contributed by atoms with E-state index in [1.807, 2.05) is 24.3 Å². The molecule has 0 bridgehead atoms. The van der Waals surface area contributed by atoms with Crippen molar-refractivity contribution in [1.82, 2.24) is 0 Å². The average molecular weight is 389 g/mol. The van der Waals surface area contributed by atoms with E-state index in [2.05, 4.69) is 10.2 Å². The van der Waals surface area contributed by atoms with Gasteiger partial charge < -0.3 is 15.0 Å². The standard InChI is InChI=1S/C19H23N3O4S/c1-21(27(2,24)25)18-5-3-4-15(14-18)19(23)20-16-6-8-17(9-7-16)22-10-12-26-13-11-22/h3-9,14H,10-13H2,1-2H3,(H,20,23). The molecule has 1 N–H and O–H groups in total. The minimum Gasteiger partial charge on any atom is -0.378 e. The molecule has 1 aliphatic rings. The highest BCUT2D eigenvalue weighted by molar-refractivity contribution is 7.92. The Morgan fingerprint density at radius 3 is 2.41 bits per heavy atom. The molecule has 0 unspecified atom stereocenters. The fourth-order valence-electron chi connectivity index (χ4n) is 2.81. The van der Waals surface area contributed by atoms with Gasteiger partial charge in [-0.05, 0) is 42.5 Å². The largest absolute Gasteiger partial charge is 0.378 e. The van der Waals surface area contributed by atoms with Crippen molar-refractivity contribution in [2.75, 3.05) is 54.1 Å². The van der Waals surface area contributed by atoms with Gasteiger partial charge in [0.25, 0.3) is 5.91 Å². The fourth-order valence-corrected chi connectivity index (χ4v) is 3.31. The van der Waals surface area contributed by atoms with Crippen LogP contribution in [0, 0.1) is 0 Å². The number of hydrogen-bond acceptors (Lipinski definition) is 5. The molecular formula is C19H23N3O4S. The SMILES string of the molecule is CN(c1cccc(C(=O)Nc2ccc(N3CCOCC3)cc2)c1)S(C)(=O)=O. The summed E-state index contributed by atoms with van der Waals surface area (Å²) in [6, 6.07) is 14.2. The molecule has 0 saturated carbocycles. The number of nitrogens with one attached hydrogen (secondary N) is 1. The van der Waals surface area contributed by atoms with Gasteiger partial charge in [0.1, 0.15) is 0 Å². The predicted molar refractivity (Wildman–Crippen MR) is 107 cm³/mol. The second-order valence-electron chi connectivity index (χ2n) is 6.38. The number of rotatable bonds is 5. The second-order valence-corrected chi connectivity index (χ2v) is 8.39. The van der Waals surface area contributed by atoms with Gasteiger partial charge in [0.2, 0.25) is 10.0 Å². The van der Waals surface area contributed by atoms with Crippen LogP contribution in [-0.2, 0) is 14.8 Å². The monoisotopic (exact) mass is 389 g/mol. The summed E-state index contributed by atoms with van der Waals surface area (Å²) >= 11 is 0. The first kappa shape index (κ1) is 19.2. The molecule has 0 radical (unpaired) electrons. The average Bonchev–Trinajstić information content (AvgIpc) is 2.68. The van der Waals surface area contributed by atoms with Gasteiger partial charge >= 0.3 is 0 Å². The van der Waals surface area contributed by atoms with Gasteiger partial charge in [0.15, 0.2) is 0 Å². The number of morpholine rings is 1. The van der Waals surface area contributed by atoms with Crippen molar-refractivity contribution in [3.8, 4) is 0 Å². The molecule has 0 atom stereocenters. The topological polar surface area (TPSA) is 79.0 Å². The van der Waals surface area contributed by atoms with Crippen LogP contribution < -0.4 is 14.5 Å². The van der Waals surface area contributed by atoms with Crippen molar-refractivity contribution >= 4 is 33.0 Å². The molecule has 1 amide bonds. The quantitative estimate of drug-likeness (QED) is 0.848. The number of ether oxygens (including phenoxy) is 1. The van der Waals surface area contributed by atoms with Crippen molar-refractivity contribution in [1.29, 1.82) is 0 Å². The number of hydrogen-bond donors (Lipinski definition) is 1. The van der Waals surface area contributed by atoms with Crippen molar-refractivity contribution in [3.63, 3.8) is 0 Å². The number of carbonyl (C=O) groups excluding carboxylic acids is 1. The van der Waals surface area contributed by atoms with Crippen LogP contribution >= 0.6 is 0 Å². The van der Waals surface area contributed by atoms with Crippen LogP contribution in [0.2, 0.25) is 0 Å². The Bertz CT molecular complexity index is 907. The van der Waals surface area contributed by atoms with Gasteiger partial charge in [-0.2, -0.15) is 0 Å². The lowest BCUT2D eigenvalue weighted by molar-refractivity contribution is 0.102. The minimum absolute atomic E-state index is 0.294. The maximum Gasteiger partial charge on any atom is 0.255 e. The third-order valence-corrected chi connectivity index (χ3v) is 5.68. The predicted octanol–water partition coefficient (Wildman–Crippen LogP) is 2.17. The second kappa shape index (κ2) is 7.98. The molecule has 2 aromatic carbocycles. The van der Waals surface area contributed by atoms with E-state index in [9.17, 15) is 13.2 Å². The highest BCUT2D eigenvalue weighted by atomic mass is 32.2. The van der Waals surface area contributed by atoms with E-state index >= 15 is 0 Å². The fraction of sp³-hybridized carbons (Fsp3) is 0.316. The molecule has 0 spiro atoms. The third kappa shape index (κ3) is 4.78. The summed E-state index contributed by atoms with van der Waals surface area (Å²) in [5, 5.41) is 2.84. The highest BCUT2D eigenvalue weighted by Gasteiger charge is 2.15. The molecule has 144 valence electrons. The number of benzene rings is 2. The van der Waals surface area contributed by atoms with Crippen molar-refractivity contribution in [2.24, 2.45) is 0 Å². The molecule has 27 heavy (non-hydrogen) atoms. The Labute approximate surface area is 159 Å². The lowest BCUT2D eigenvalue weighted by Gasteiger charge is -2.28. The summed E-state index contributed by atoms with van der Waals surface area (Å²) in [4.78, 5) is 14.8. The summed E-state index contributed by atoms with van der Waals surface area (Å²) in [6.45, 7) is 3.15. The van der Waals surface area contributed by atoms with Crippen molar-refractivity contribution < 1.29 is 17.9 Å². The third-order valence-electron chi connectivity index (χ3n) is 4.47. The normalized spacial score (nSPS) is 14.7. The van der Waals surface area contributed by atoms with E-state index in [1.54, 1.807) is 24.3 Å². The van der Waals surface area contributed by atoms with Crippen LogP contribution in [0.5, 0.6) is 0 Å². The number of nitrogens with zero attached hydrogens (tertiary/aromatic N) is 2. The molecule has 7 nitrogen and oxygen atoms in total. The van der Waals surface area contributed by atoms with E-state index in [-0.39, 0.29) is 5.91 Å². The van der Waals surface area contributed by atoms with Crippen molar-refractivity contribution in [2.45, 2.75) is 0 Å².